The van der Waals surface area contributed by atoms with Crippen LogP contribution in [0.5, 0.6) is 11.5 Å². The Morgan fingerprint density at radius 3 is 2.61 bits per heavy atom. The van der Waals surface area contributed by atoms with Crippen molar-refractivity contribution in [2.75, 3.05) is 13.7 Å². The lowest BCUT2D eigenvalue weighted by atomic mass is 9.76. The molecule has 4 nitrogen and oxygen atoms in total. The highest BCUT2D eigenvalue weighted by Gasteiger charge is 2.36. The third-order valence-electron chi connectivity index (χ3n) is 4.00. The number of phenols is 1. The van der Waals surface area contributed by atoms with E-state index in [0.717, 1.165) is 37.5 Å². The summed E-state index contributed by atoms with van der Waals surface area (Å²) in [4.78, 5) is 11.2. The summed E-state index contributed by atoms with van der Waals surface area (Å²) in [6.45, 7) is 0.516. The number of benzene rings is 1. The lowest BCUT2D eigenvalue weighted by Crippen LogP contribution is -2.33. The number of nitrogens with two attached hydrogens (primary N) is 1. The van der Waals surface area contributed by atoms with E-state index >= 15 is 0 Å². The van der Waals surface area contributed by atoms with Crippen LogP contribution >= 0.6 is 0 Å². The van der Waals surface area contributed by atoms with Crippen molar-refractivity contribution in [2.45, 2.75) is 31.1 Å². The number of methoxy groups -OCH3 is 1. The van der Waals surface area contributed by atoms with Crippen molar-refractivity contribution < 1.29 is 14.6 Å². The number of aldehydes is 1. The van der Waals surface area contributed by atoms with Gasteiger partial charge in [-0.05, 0) is 30.5 Å². The largest absolute Gasteiger partial charge is 0.504 e. The second kappa shape index (κ2) is 4.98. The molecule has 0 bridgehead atoms. The molecule has 1 aromatic carbocycles. The molecule has 0 saturated heterocycles. The molecule has 0 amide bonds. The zero-order valence-corrected chi connectivity index (χ0v) is 10.6. The first-order chi connectivity index (χ1) is 8.66. The van der Waals surface area contributed by atoms with Crippen molar-refractivity contribution in [1.82, 2.24) is 0 Å². The Kier molecular flexibility index (Phi) is 3.57. The van der Waals surface area contributed by atoms with Crippen LogP contribution in [0.4, 0.5) is 0 Å². The fourth-order valence-corrected chi connectivity index (χ4v) is 2.94. The summed E-state index contributed by atoms with van der Waals surface area (Å²) >= 11 is 0. The van der Waals surface area contributed by atoms with E-state index in [1.807, 2.05) is 0 Å². The summed E-state index contributed by atoms with van der Waals surface area (Å²) in [6.07, 6.45) is 5.00. The lowest BCUT2D eigenvalue weighted by Gasteiger charge is -2.29. The van der Waals surface area contributed by atoms with Gasteiger partial charge in [0.25, 0.3) is 0 Å². The number of rotatable bonds is 4. The van der Waals surface area contributed by atoms with Crippen LogP contribution in [0.15, 0.2) is 12.1 Å². The highest BCUT2D eigenvalue weighted by Crippen LogP contribution is 2.44. The molecule has 1 aliphatic rings. The van der Waals surface area contributed by atoms with Gasteiger partial charge >= 0.3 is 0 Å². The Morgan fingerprint density at radius 1 is 1.44 bits per heavy atom. The SMILES string of the molecule is COc1cc(C2(CN)CCCC2)c(C=O)cc1O. The predicted octanol–water partition coefficient (Wildman–Crippen LogP) is 1.98. The topological polar surface area (TPSA) is 72.5 Å². The van der Waals surface area contributed by atoms with Gasteiger partial charge in [-0.1, -0.05) is 12.8 Å². The molecular weight excluding hydrogens is 230 g/mol. The molecule has 0 atom stereocenters. The van der Waals surface area contributed by atoms with Crippen LogP contribution in [0, 0.1) is 0 Å². The molecule has 1 saturated carbocycles. The fourth-order valence-electron chi connectivity index (χ4n) is 2.94. The van der Waals surface area contributed by atoms with Crippen molar-refractivity contribution in [2.24, 2.45) is 5.73 Å². The van der Waals surface area contributed by atoms with Crippen molar-refractivity contribution in [3.63, 3.8) is 0 Å². The van der Waals surface area contributed by atoms with Crippen LogP contribution < -0.4 is 10.5 Å². The average Bonchev–Trinajstić information content (AvgIpc) is 2.88. The van der Waals surface area contributed by atoms with Gasteiger partial charge in [0.1, 0.15) is 6.29 Å². The first kappa shape index (κ1) is 12.9. The van der Waals surface area contributed by atoms with E-state index < -0.39 is 0 Å². The maximum absolute atomic E-state index is 11.2. The highest BCUT2D eigenvalue weighted by atomic mass is 16.5. The Labute approximate surface area is 107 Å². The minimum absolute atomic E-state index is 0.00600. The Morgan fingerprint density at radius 2 is 2.11 bits per heavy atom. The molecule has 0 aliphatic heterocycles. The Hall–Kier alpha value is -1.55. The normalized spacial score (nSPS) is 17.7. The number of ether oxygens (including phenoxy) is 1. The summed E-state index contributed by atoms with van der Waals surface area (Å²) in [5, 5.41) is 9.73. The molecule has 0 heterocycles. The van der Waals surface area contributed by atoms with Gasteiger partial charge in [0.2, 0.25) is 0 Å². The van der Waals surface area contributed by atoms with Crippen molar-refractivity contribution >= 4 is 6.29 Å². The standard InChI is InChI=1S/C14H19NO3/c1-18-13-7-11(10(8-16)6-12(13)17)14(9-15)4-2-3-5-14/h6-8,17H,2-5,9,15H2,1H3. The molecule has 98 valence electrons. The molecule has 4 heteroatoms. The summed E-state index contributed by atoms with van der Waals surface area (Å²) in [5.74, 6) is 0.392. The lowest BCUT2D eigenvalue weighted by molar-refractivity contribution is 0.112. The zero-order chi connectivity index (χ0) is 13.2. The van der Waals surface area contributed by atoms with E-state index in [9.17, 15) is 9.90 Å². The third kappa shape index (κ3) is 1.97. The Bertz CT molecular complexity index is 451. The van der Waals surface area contributed by atoms with Crippen molar-refractivity contribution in [1.29, 1.82) is 0 Å². The van der Waals surface area contributed by atoms with E-state index in [0.29, 0.717) is 17.9 Å². The molecule has 0 radical (unpaired) electrons. The van der Waals surface area contributed by atoms with Gasteiger partial charge in [0, 0.05) is 17.5 Å². The maximum atomic E-state index is 11.2. The first-order valence-corrected chi connectivity index (χ1v) is 6.23. The van der Waals surface area contributed by atoms with Gasteiger partial charge in [0.05, 0.1) is 7.11 Å². The summed E-state index contributed by atoms with van der Waals surface area (Å²) < 4.78 is 5.13. The van der Waals surface area contributed by atoms with Gasteiger partial charge < -0.3 is 15.6 Å². The Balaban J connectivity index is 2.57. The van der Waals surface area contributed by atoms with Crippen molar-refractivity contribution in [3.8, 4) is 11.5 Å². The molecule has 0 spiro atoms. The molecular formula is C14H19NO3. The summed E-state index contributed by atoms with van der Waals surface area (Å²) in [5.41, 5.74) is 7.22. The smallest absolute Gasteiger partial charge is 0.160 e. The van der Waals surface area contributed by atoms with Crippen LogP contribution in [0.3, 0.4) is 0 Å². The molecule has 1 aromatic rings. The second-order valence-corrected chi connectivity index (χ2v) is 4.92. The van der Waals surface area contributed by atoms with Gasteiger partial charge in [-0.3, -0.25) is 4.79 Å². The minimum atomic E-state index is -0.142. The number of aromatic hydroxyl groups is 1. The van der Waals surface area contributed by atoms with Crippen LogP contribution in [0.25, 0.3) is 0 Å². The van der Waals surface area contributed by atoms with Crippen LogP contribution in [-0.2, 0) is 5.41 Å². The molecule has 18 heavy (non-hydrogen) atoms. The van der Waals surface area contributed by atoms with Gasteiger partial charge in [-0.25, -0.2) is 0 Å². The van der Waals surface area contributed by atoms with Crippen LogP contribution in [0.2, 0.25) is 0 Å². The van der Waals surface area contributed by atoms with E-state index in [1.165, 1.54) is 13.2 Å². The van der Waals surface area contributed by atoms with Crippen molar-refractivity contribution in [3.05, 3.63) is 23.3 Å². The molecule has 2 rings (SSSR count). The molecule has 1 aliphatic carbocycles. The molecule has 0 unspecified atom stereocenters. The van der Waals surface area contributed by atoms with Crippen LogP contribution in [0.1, 0.15) is 41.6 Å². The van der Waals surface area contributed by atoms with Crippen LogP contribution in [-0.4, -0.2) is 25.0 Å². The van der Waals surface area contributed by atoms with Gasteiger partial charge in [-0.15, -0.1) is 0 Å². The molecule has 0 aromatic heterocycles. The van der Waals surface area contributed by atoms with Gasteiger partial charge in [-0.2, -0.15) is 0 Å². The fraction of sp³-hybridized carbons (Fsp3) is 0.500. The average molecular weight is 249 g/mol. The highest BCUT2D eigenvalue weighted by molar-refractivity contribution is 5.80. The van der Waals surface area contributed by atoms with Gasteiger partial charge in [0.15, 0.2) is 11.5 Å². The van der Waals surface area contributed by atoms with E-state index in [1.54, 1.807) is 6.07 Å². The number of phenolic OH excluding ortho intramolecular Hbond substituents is 1. The first-order valence-electron chi connectivity index (χ1n) is 6.23. The van der Waals surface area contributed by atoms with E-state index in [-0.39, 0.29) is 11.2 Å². The number of carbonyl (C=O) groups excluding carboxylic acids is 1. The van der Waals surface area contributed by atoms with E-state index in [4.69, 9.17) is 10.5 Å². The third-order valence-corrected chi connectivity index (χ3v) is 4.00. The maximum Gasteiger partial charge on any atom is 0.160 e. The number of carbonyl (C=O) groups is 1. The van der Waals surface area contributed by atoms with E-state index in [2.05, 4.69) is 0 Å². The quantitative estimate of drug-likeness (QED) is 0.800. The summed E-state index contributed by atoms with van der Waals surface area (Å²) in [6, 6.07) is 3.23. The zero-order valence-electron chi connectivity index (χ0n) is 10.6. The minimum Gasteiger partial charge on any atom is -0.504 e. The monoisotopic (exact) mass is 249 g/mol. The molecule has 1 fully saturated rings. The second-order valence-electron chi connectivity index (χ2n) is 4.92. The number of hydrogen-bond acceptors (Lipinski definition) is 4. The number of hydrogen-bond donors (Lipinski definition) is 2. The summed E-state index contributed by atoms with van der Waals surface area (Å²) in [7, 11) is 1.50. The predicted molar refractivity (Wildman–Crippen MR) is 69.2 cm³/mol. The molecule has 3 N–H and O–H groups in total.